The molecule has 1 fully saturated rings. The van der Waals surface area contributed by atoms with Crippen molar-refractivity contribution in [1.82, 2.24) is 9.62 Å². The lowest BCUT2D eigenvalue weighted by Gasteiger charge is -2.32. The quantitative estimate of drug-likeness (QED) is 0.778. The molecule has 1 heterocycles. The van der Waals surface area contributed by atoms with Crippen LogP contribution >= 0.6 is 12.4 Å². The largest absolute Gasteiger partial charge is 0.343 e. The number of carbonyl (C=O) groups excluding carboxylic acids is 1. The standard InChI is InChI=1S/C15H22FN3O3S.ClH/c16-12-3-5-14(6-4-12)23(21,22)18-13-7-10-19(11-8-13)15(20)2-1-9-17;/h3-6,13,18H,1-2,7-11,17H2;1H. The Labute approximate surface area is 148 Å². The van der Waals surface area contributed by atoms with Crippen LogP contribution in [0.25, 0.3) is 0 Å². The Morgan fingerprint density at radius 1 is 1.25 bits per heavy atom. The summed E-state index contributed by atoms with van der Waals surface area (Å²) in [6.07, 6.45) is 2.22. The Morgan fingerprint density at radius 2 is 1.83 bits per heavy atom. The predicted molar refractivity (Wildman–Crippen MR) is 91.9 cm³/mol. The smallest absolute Gasteiger partial charge is 0.240 e. The fraction of sp³-hybridized carbons (Fsp3) is 0.533. The molecule has 0 saturated carbocycles. The molecule has 1 aromatic rings. The summed E-state index contributed by atoms with van der Waals surface area (Å²) in [4.78, 5) is 13.7. The number of nitrogens with one attached hydrogen (secondary N) is 1. The topological polar surface area (TPSA) is 92.5 Å². The number of nitrogens with two attached hydrogens (primary N) is 1. The zero-order valence-corrected chi connectivity index (χ0v) is 14.9. The predicted octanol–water partition coefficient (Wildman–Crippen LogP) is 1.26. The van der Waals surface area contributed by atoms with E-state index in [1.54, 1.807) is 4.90 Å². The summed E-state index contributed by atoms with van der Waals surface area (Å²) in [7, 11) is -3.67. The molecule has 6 nitrogen and oxygen atoms in total. The molecule has 1 aliphatic heterocycles. The molecule has 1 aromatic carbocycles. The van der Waals surface area contributed by atoms with E-state index in [0.717, 1.165) is 12.1 Å². The minimum Gasteiger partial charge on any atom is -0.343 e. The van der Waals surface area contributed by atoms with Gasteiger partial charge in [-0.05, 0) is 50.1 Å². The minimum atomic E-state index is -3.67. The first-order valence-corrected chi connectivity index (χ1v) is 9.16. The number of carbonyl (C=O) groups is 1. The van der Waals surface area contributed by atoms with Crippen molar-refractivity contribution in [3.05, 3.63) is 30.1 Å². The van der Waals surface area contributed by atoms with Gasteiger partial charge in [-0.25, -0.2) is 17.5 Å². The normalized spacial score (nSPS) is 15.8. The maximum atomic E-state index is 12.9. The molecular formula is C15H23ClFN3O3S. The highest BCUT2D eigenvalue weighted by Gasteiger charge is 2.26. The van der Waals surface area contributed by atoms with Crippen LogP contribution < -0.4 is 10.5 Å². The number of piperidine rings is 1. The number of hydrogen-bond donors (Lipinski definition) is 2. The van der Waals surface area contributed by atoms with Crippen LogP contribution in [0, 0.1) is 5.82 Å². The Hall–Kier alpha value is -1.22. The van der Waals surface area contributed by atoms with Crippen LogP contribution in [0.5, 0.6) is 0 Å². The third-order valence-electron chi connectivity index (χ3n) is 3.89. The molecule has 0 atom stereocenters. The van der Waals surface area contributed by atoms with Gasteiger partial charge in [0.2, 0.25) is 15.9 Å². The maximum Gasteiger partial charge on any atom is 0.240 e. The molecule has 1 amide bonds. The van der Waals surface area contributed by atoms with Crippen LogP contribution in [0.3, 0.4) is 0 Å². The molecular weight excluding hydrogens is 357 g/mol. The van der Waals surface area contributed by atoms with Gasteiger partial charge >= 0.3 is 0 Å². The van der Waals surface area contributed by atoms with Crippen molar-refractivity contribution in [3.63, 3.8) is 0 Å². The van der Waals surface area contributed by atoms with Gasteiger partial charge in [0.05, 0.1) is 4.90 Å². The number of hydrogen-bond acceptors (Lipinski definition) is 4. The van der Waals surface area contributed by atoms with Crippen LogP contribution in [-0.4, -0.2) is 44.9 Å². The van der Waals surface area contributed by atoms with Crippen molar-refractivity contribution in [2.75, 3.05) is 19.6 Å². The third-order valence-corrected chi connectivity index (χ3v) is 5.42. The van der Waals surface area contributed by atoms with Gasteiger partial charge in [0, 0.05) is 25.6 Å². The highest BCUT2D eigenvalue weighted by atomic mass is 35.5. The number of amides is 1. The molecule has 24 heavy (non-hydrogen) atoms. The van der Waals surface area contributed by atoms with E-state index in [1.807, 2.05) is 0 Å². The van der Waals surface area contributed by atoms with Crippen LogP contribution in [0.4, 0.5) is 4.39 Å². The summed E-state index contributed by atoms with van der Waals surface area (Å²) in [5.74, 6) is -0.413. The zero-order valence-electron chi connectivity index (χ0n) is 13.3. The Bertz CT molecular complexity index is 632. The van der Waals surface area contributed by atoms with Gasteiger partial charge in [0.1, 0.15) is 5.82 Å². The van der Waals surface area contributed by atoms with E-state index < -0.39 is 15.8 Å². The number of halogens is 2. The van der Waals surface area contributed by atoms with E-state index in [-0.39, 0.29) is 29.3 Å². The van der Waals surface area contributed by atoms with E-state index in [9.17, 15) is 17.6 Å². The Morgan fingerprint density at radius 3 is 2.38 bits per heavy atom. The average molecular weight is 380 g/mol. The zero-order chi connectivity index (χ0) is 16.9. The number of likely N-dealkylation sites (tertiary alicyclic amines) is 1. The van der Waals surface area contributed by atoms with Gasteiger partial charge in [-0.1, -0.05) is 0 Å². The van der Waals surface area contributed by atoms with E-state index in [4.69, 9.17) is 5.73 Å². The maximum absolute atomic E-state index is 12.9. The van der Waals surface area contributed by atoms with Crippen molar-refractivity contribution in [2.24, 2.45) is 5.73 Å². The molecule has 0 aliphatic carbocycles. The Kier molecular flexibility index (Phi) is 8.08. The van der Waals surface area contributed by atoms with Gasteiger partial charge in [-0.15, -0.1) is 12.4 Å². The lowest BCUT2D eigenvalue weighted by Crippen LogP contribution is -2.46. The van der Waals surface area contributed by atoms with Crippen molar-refractivity contribution in [2.45, 2.75) is 36.6 Å². The number of nitrogens with zero attached hydrogens (tertiary/aromatic N) is 1. The lowest BCUT2D eigenvalue weighted by atomic mass is 10.1. The second-order valence-electron chi connectivity index (χ2n) is 5.62. The first-order chi connectivity index (χ1) is 10.9. The summed E-state index contributed by atoms with van der Waals surface area (Å²) >= 11 is 0. The van der Waals surface area contributed by atoms with Crippen molar-refractivity contribution in [1.29, 1.82) is 0 Å². The molecule has 0 radical (unpaired) electrons. The molecule has 1 saturated heterocycles. The van der Waals surface area contributed by atoms with Crippen LogP contribution in [-0.2, 0) is 14.8 Å². The second kappa shape index (κ2) is 9.31. The fourth-order valence-corrected chi connectivity index (χ4v) is 3.86. The van der Waals surface area contributed by atoms with E-state index in [2.05, 4.69) is 4.72 Å². The third kappa shape index (κ3) is 5.70. The summed E-state index contributed by atoms with van der Waals surface area (Å²) in [6, 6.07) is 4.50. The van der Waals surface area contributed by atoms with Crippen LogP contribution in [0.2, 0.25) is 0 Å². The fourth-order valence-electron chi connectivity index (χ4n) is 2.56. The number of rotatable bonds is 6. The van der Waals surface area contributed by atoms with Gasteiger partial charge in [0.15, 0.2) is 0 Å². The van der Waals surface area contributed by atoms with Crippen molar-refractivity contribution in [3.8, 4) is 0 Å². The molecule has 2 rings (SSSR count). The molecule has 9 heteroatoms. The van der Waals surface area contributed by atoms with E-state index in [0.29, 0.717) is 45.3 Å². The van der Waals surface area contributed by atoms with Crippen molar-refractivity contribution < 1.29 is 17.6 Å². The van der Waals surface area contributed by atoms with Gasteiger partial charge in [0.25, 0.3) is 0 Å². The first-order valence-electron chi connectivity index (χ1n) is 7.68. The second-order valence-corrected chi connectivity index (χ2v) is 7.34. The highest BCUT2D eigenvalue weighted by Crippen LogP contribution is 2.16. The minimum absolute atomic E-state index is 0. The molecule has 0 spiro atoms. The molecule has 1 aliphatic rings. The monoisotopic (exact) mass is 379 g/mol. The summed E-state index contributed by atoms with van der Waals surface area (Å²) < 4.78 is 40.0. The van der Waals surface area contributed by atoms with Gasteiger partial charge in [-0.2, -0.15) is 0 Å². The van der Waals surface area contributed by atoms with E-state index in [1.165, 1.54) is 12.1 Å². The van der Waals surface area contributed by atoms with E-state index >= 15 is 0 Å². The van der Waals surface area contributed by atoms with Crippen LogP contribution in [0.1, 0.15) is 25.7 Å². The van der Waals surface area contributed by atoms with Gasteiger partial charge in [-0.3, -0.25) is 4.79 Å². The van der Waals surface area contributed by atoms with Gasteiger partial charge < -0.3 is 10.6 Å². The number of sulfonamides is 1. The first kappa shape index (κ1) is 20.8. The number of benzene rings is 1. The molecule has 0 unspecified atom stereocenters. The molecule has 0 aromatic heterocycles. The molecule has 136 valence electrons. The van der Waals surface area contributed by atoms with Crippen LogP contribution in [0.15, 0.2) is 29.2 Å². The summed E-state index contributed by atoms with van der Waals surface area (Å²) in [5.41, 5.74) is 5.39. The molecule has 0 bridgehead atoms. The SMILES string of the molecule is Cl.NCCCC(=O)N1CCC(NS(=O)(=O)c2ccc(F)cc2)CC1. The average Bonchev–Trinajstić information content (AvgIpc) is 2.53. The van der Waals surface area contributed by atoms with Crippen molar-refractivity contribution >= 4 is 28.3 Å². The Balaban J connectivity index is 0.00000288. The summed E-state index contributed by atoms with van der Waals surface area (Å²) in [6.45, 7) is 1.54. The molecule has 3 N–H and O–H groups in total. The summed E-state index contributed by atoms with van der Waals surface area (Å²) in [5, 5.41) is 0. The lowest BCUT2D eigenvalue weighted by molar-refractivity contribution is -0.132. The highest BCUT2D eigenvalue weighted by molar-refractivity contribution is 7.89.